The predicted octanol–water partition coefficient (Wildman–Crippen LogP) is 3.13. The van der Waals surface area contributed by atoms with E-state index in [1.165, 1.54) is 0 Å². The third kappa shape index (κ3) is 5.06. The average Bonchev–Trinajstić information content (AvgIpc) is 2.93. The first-order chi connectivity index (χ1) is 12.6. The van der Waals surface area contributed by atoms with Crippen LogP contribution in [0.5, 0.6) is 0 Å². The van der Waals surface area contributed by atoms with Crippen LogP contribution in [-0.2, 0) is 20.8 Å². The van der Waals surface area contributed by atoms with Gasteiger partial charge >= 0.3 is 0 Å². The lowest BCUT2D eigenvalue weighted by Crippen LogP contribution is -2.37. The molecule has 2 aliphatic heterocycles. The topological polar surface area (TPSA) is 48.0 Å². The summed E-state index contributed by atoms with van der Waals surface area (Å²) >= 11 is 0. The average molecular weight is 361 g/mol. The quantitative estimate of drug-likeness (QED) is 0.808. The molecule has 2 heterocycles. The largest absolute Gasteiger partial charge is 0.381 e. The summed E-state index contributed by atoms with van der Waals surface area (Å²) in [7, 11) is 0. The number of hydrogen-bond acceptors (Lipinski definition) is 4. The van der Waals surface area contributed by atoms with E-state index in [-0.39, 0.29) is 12.0 Å². The van der Waals surface area contributed by atoms with Crippen LogP contribution in [0.25, 0.3) is 0 Å². The number of carbonyl (C=O) groups excluding carboxylic acids is 1. The molecule has 1 aromatic carbocycles. The van der Waals surface area contributed by atoms with Crippen molar-refractivity contribution in [2.24, 2.45) is 11.8 Å². The molecule has 2 aliphatic rings. The molecule has 1 aromatic rings. The van der Waals surface area contributed by atoms with E-state index in [0.29, 0.717) is 31.6 Å². The van der Waals surface area contributed by atoms with Gasteiger partial charge < -0.3 is 19.1 Å². The number of ether oxygens (including phenoxy) is 3. The van der Waals surface area contributed by atoms with Crippen molar-refractivity contribution in [3.05, 3.63) is 35.4 Å². The fourth-order valence-electron chi connectivity index (χ4n) is 3.50. The Kier molecular flexibility index (Phi) is 7.06. The van der Waals surface area contributed by atoms with Gasteiger partial charge in [0.2, 0.25) is 0 Å². The minimum Gasteiger partial charge on any atom is -0.381 e. The minimum atomic E-state index is 0.0901. The molecule has 2 fully saturated rings. The van der Waals surface area contributed by atoms with Gasteiger partial charge in [0.05, 0.1) is 25.9 Å². The second kappa shape index (κ2) is 9.49. The number of nitrogens with zero attached hydrogens (tertiary/aromatic N) is 1. The highest BCUT2D eigenvalue weighted by Gasteiger charge is 2.26. The second-order valence-electron chi connectivity index (χ2n) is 7.61. The van der Waals surface area contributed by atoms with Crippen LogP contribution in [0.1, 0.15) is 42.6 Å². The maximum Gasteiger partial charge on any atom is 0.254 e. The van der Waals surface area contributed by atoms with Crippen molar-refractivity contribution in [3.63, 3.8) is 0 Å². The van der Waals surface area contributed by atoms with Crippen LogP contribution < -0.4 is 0 Å². The van der Waals surface area contributed by atoms with Crippen LogP contribution in [0.3, 0.4) is 0 Å². The molecule has 1 amide bonds. The highest BCUT2D eigenvalue weighted by atomic mass is 16.5. The summed E-state index contributed by atoms with van der Waals surface area (Å²) in [6, 6.07) is 7.82. The maximum absolute atomic E-state index is 13.2. The zero-order chi connectivity index (χ0) is 18.4. The molecule has 0 spiro atoms. The van der Waals surface area contributed by atoms with Crippen LogP contribution in [0, 0.1) is 11.8 Å². The van der Waals surface area contributed by atoms with E-state index >= 15 is 0 Å². The molecule has 1 unspecified atom stereocenters. The third-order valence-electron chi connectivity index (χ3n) is 5.41. The summed E-state index contributed by atoms with van der Waals surface area (Å²) in [6.07, 6.45) is 2.08. The molecule has 0 radical (unpaired) electrons. The second-order valence-corrected chi connectivity index (χ2v) is 7.61. The SMILES string of the molecule is CC(C)C1COCCN(C(=O)c2ccccc2COC2CCOCC2)C1. The Labute approximate surface area is 156 Å². The first-order valence-corrected chi connectivity index (χ1v) is 9.79. The van der Waals surface area contributed by atoms with E-state index in [9.17, 15) is 4.79 Å². The van der Waals surface area contributed by atoms with Crippen LogP contribution in [0.15, 0.2) is 24.3 Å². The van der Waals surface area contributed by atoms with E-state index in [2.05, 4.69) is 13.8 Å². The Morgan fingerprint density at radius 1 is 1.19 bits per heavy atom. The van der Waals surface area contributed by atoms with Crippen molar-refractivity contribution in [2.45, 2.75) is 39.4 Å². The molecule has 1 atom stereocenters. The van der Waals surface area contributed by atoms with Crippen molar-refractivity contribution in [1.29, 1.82) is 0 Å². The summed E-state index contributed by atoms with van der Waals surface area (Å²) in [4.78, 5) is 15.1. The molecule has 26 heavy (non-hydrogen) atoms. The van der Waals surface area contributed by atoms with Crippen molar-refractivity contribution in [3.8, 4) is 0 Å². The van der Waals surface area contributed by atoms with Crippen molar-refractivity contribution in [2.75, 3.05) is 39.5 Å². The molecule has 5 nitrogen and oxygen atoms in total. The zero-order valence-electron chi connectivity index (χ0n) is 16.0. The molecular formula is C21H31NO4. The van der Waals surface area contributed by atoms with Crippen molar-refractivity contribution in [1.82, 2.24) is 4.90 Å². The van der Waals surface area contributed by atoms with Gasteiger partial charge in [0.1, 0.15) is 0 Å². The van der Waals surface area contributed by atoms with Gasteiger partial charge in [-0.3, -0.25) is 4.79 Å². The predicted molar refractivity (Wildman–Crippen MR) is 100 cm³/mol. The Bertz CT molecular complexity index is 583. The summed E-state index contributed by atoms with van der Waals surface area (Å²) < 4.78 is 17.1. The van der Waals surface area contributed by atoms with Crippen molar-refractivity contribution < 1.29 is 19.0 Å². The van der Waals surface area contributed by atoms with E-state index in [0.717, 1.165) is 50.3 Å². The Morgan fingerprint density at radius 2 is 1.96 bits per heavy atom. The summed E-state index contributed by atoms with van der Waals surface area (Å²) in [5, 5.41) is 0. The number of benzene rings is 1. The molecule has 0 aromatic heterocycles. The molecular weight excluding hydrogens is 330 g/mol. The highest BCUT2D eigenvalue weighted by molar-refractivity contribution is 5.95. The molecule has 5 heteroatoms. The lowest BCUT2D eigenvalue weighted by molar-refractivity contribution is -0.0392. The minimum absolute atomic E-state index is 0.0901. The van der Waals surface area contributed by atoms with Gasteiger partial charge in [-0.25, -0.2) is 0 Å². The van der Waals surface area contributed by atoms with Gasteiger partial charge in [0, 0.05) is 37.8 Å². The van der Waals surface area contributed by atoms with Gasteiger partial charge in [-0.2, -0.15) is 0 Å². The number of carbonyl (C=O) groups is 1. The Hall–Kier alpha value is -1.43. The number of rotatable bonds is 5. The third-order valence-corrected chi connectivity index (χ3v) is 5.41. The van der Waals surface area contributed by atoms with E-state index in [1.54, 1.807) is 0 Å². The Morgan fingerprint density at radius 3 is 2.73 bits per heavy atom. The normalized spacial score (nSPS) is 22.4. The molecule has 2 saturated heterocycles. The van der Waals surface area contributed by atoms with Gasteiger partial charge in [-0.05, 0) is 30.4 Å². The van der Waals surface area contributed by atoms with Gasteiger partial charge in [-0.15, -0.1) is 0 Å². The van der Waals surface area contributed by atoms with Gasteiger partial charge in [0.25, 0.3) is 5.91 Å². The van der Waals surface area contributed by atoms with Gasteiger partial charge in [0.15, 0.2) is 0 Å². The fraction of sp³-hybridized carbons (Fsp3) is 0.667. The monoisotopic (exact) mass is 361 g/mol. The van der Waals surface area contributed by atoms with Crippen LogP contribution in [-0.4, -0.2) is 56.4 Å². The molecule has 0 aliphatic carbocycles. The van der Waals surface area contributed by atoms with E-state index < -0.39 is 0 Å². The molecule has 144 valence electrons. The number of amides is 1. The standard InChI is InChI=1S/C21H31NO4/c1-16(2)18-13-22(9-12-25-14-18)21(23)20-6-4-3-5-17(20)15-26-19-7-10-24-11-8-19/h3-6,16,18-19H,7-15H2,1-2H3. The molecule has 0 bridgehead atoms. The highest BCUT2D eigenvalue weighted by Crippen LogP contribution is 2.21. The smallest absolute Gasteiger partial charge is 0.254 e. The van der Waals surface area contributed by atoms with Crippen molar-refractivity contribution >= 4 is 5.91 Å². The summed E-state index contributed by atoms with van der Waals surface area (Å²) in [5.74, 6) is 0.968. The summed E-state index contributed by atoms with van der Waals surface area (Å²) in [5.41, 5.74) is 1.72. The van der Waals surface area contributed by atoms with Gasteiger partial charge in [-0.1, -0.05) is 32.0 Å². The van der Waals surface area contributed by atoms with Crippen LogP contribution in [0.4, 0.5) is 0 Å². The van der Waals surface area contributed by atoms with E-state index in [1.807, 2.05) is 29.2 Å². The van der Waals surface area contributed by atoms with Crippen LogP contribution >= 0.6 is 0 Å². The lowest BCUT2D eigenvalue weighted by atomic mass is 9.96. The lowest BCUT2D eigenvalue weighted by Gasteiger charge is -2.27. The number of hydrogen-bond donors (Lipinski definition) is 0. The zero-order valence-corrected chi connectivity index (χ0v) is 16.0. The fourth-order valence-corrected chi connectivity index (χ4v) is 3.50. The molecule has 0 saturated carbocycles. The first-order valence-electron chi connectivity index (χ1n) is 9.79. The van der Waals surface area contributed by atoms with Crippen LogP contribution in [0.2, 0.25) is 0 Å². The first kappa shape index (κ1) is 19.3. The summed E-state index contributed by atoms with van der Waals surface area (Å²) in [6.45, 7) is 9.12. The molecule has 3 rings (SSSR count). The maximum atomic E-state index is 13.2. The molecule has 0 N–H and O–H groups in total. The Balaban J connectivity index is 1.68. The van der Waals surface area contributed by atoms with E-state index in [4.69, 9.17) is 14.2 Å².